The van der Waals surface area contributed by atoms with Gasteiger partial charge >= 0.3 is 0 Å². The first-order valence-electron chi connectivity index (χ1n) is 9.92. The Kier molecular flexibility index (Phi) is 5.44. The number of carbonyl (C=O) groups is 2. The molecule has 5 heteroatoms. The number of hydrogen-bond donors (Lipinski definition) is 0. The normalized spacial score (nSPS) is 21.3. The summed E-state index contributed by atoms with van der Waals surface area (Å²) in [6.45, 7) is 2.05. The summed E-state index contributed by atoms with van der Waals surface area (Å²) >= 11 is 0. The zero-order valence-electron chi connectivity index (χ0n) is 16.2. The van der Waals surface area contributed by atoms with Crippen LogP contribution in [0, 0.1) is 0 Å². The van der Waals surface area contributed by atoms with Gasteiger partial charge in [0.2, 0.25) is 11.8 Å². The van der Waals surface area contributed by atoms with Gasteiger partial charge in [-0.05, 0) is 55.1 Å². The Balaban J connectivity index is 1.37. The van der Waals surface area contributed by atoms with Gasteiger partial charge in [-0.2, -0.15) is 0 Å². The highest BCUT2D eigenvalue weighted by atomic mass is 16.5. The maximum Gasteiger partial charge on any atom is 0.247 e. The Morgan fingerprint density at radius 2 is 1.64 bits per heavy atom. The van der Waals surface area contributed by atoms with Crippen molar-refractivity contribution >= 4 is 11.8 Å². The third kappa shape index (κ3) is 3.80. The van der Waals surface area contributed by atoms with Gasteiger partial charge in [-0.3, -0.25) is 19.4 Å². The number of hydrogen-bond acceptors (Lipinski definition) is 4. The van der Waals surface area contributed by atoms with Gasteiger partial charge in [0.15, 0.2) is 0 Å². The van der Waals surface area contributed by atoms with Crippen molar-refractivity contribution in [3.63, 3.8) is 0 Å². The molecule has 2 aliphatic heterocycles. The second-order valence-electron chi connectivity index (χ2n) is 7.61. The first kappa shape index (κ1) is 18.7. The zero-order valence-corrected chi connectivity index (χ0v) is 16.2. The number of benzene rings is 2. The van der Waals surface area contributed by atoms with E-state index >= 15 is 0 Å². The average Bonchev–Trinajstić information content (AvgIpc) is 3.03. The summed E-state index contributed by atoms with van der Waals surface area (Å²) in [7, 11) is 1.62. The van der Waals surface area contributed by atoms with Crippen LogP contribution in [-0.2, 0) is 16.1 Å². The van der Waals surface area contributed by atoms with E-state index in [1.807, 2.05) is 30.3 Å². The van der Waals surface area contributed by atoms with Crippen molar-refractivity contribution in [1.82, 2.24) is 9.80 Å². The van der Waals surface area contributed by atoms with Crippen LogP contribution < -0.4 is 4.74 Å². The molecule has 0 bridgehead atoms. The molecule has 2 fully saturated rings. The number of ether oxygens (including phenoxy) is 1. The molecule has 2 amide bonds. The van der Waals surface area contributed by atoms with Gasteiger partial charge in [0.25, 0.3) is 0 Å². The Hall–Kier alpha value is -2.66. The number of rotatable bonds is 5. The third-order valence-corrected chi connectivity index (χ3v) is 5.96. The lowest BCUT2D eigenvalue weighted by Gasteiger charge is -2.35. The zero-order chi connectivity index (χ0) is 19.5. The van der Waals surface area contributed by atoms with E-state index in [2.05, 4.69) is 29.2 Å². The largest absolute Gasteiger partial charge is 0.497 e. The van der Waals surface area contributed by atoms with Gasteiger partial charge in [-0.25, -0.2) is 0 Å². The lowest BCUT2D eigenvalue weighted by Crippen LogP contribution is -2.45. The molecule has 2 heterocycles. The molecule has 0 aromatic heterocycles. The quantitative estimate of drug-likeness (QED) is 0.750. The standard InChI is InChI=1S/C23H26N2O3/c1-28-20-9-7-17(8-10-20)16-25-22(26)15-21(23(25)27)24-13-11-19(12-14-24)18-5-3-2-4-6-18/h2-10,19,21H,11-16H2,1H3/t21-/m1/s1. The molecule has 0 aliphatic carbocycles. The summed E-state index contributed by atoms with van der Waals surface area (Å²) in [6.07, 6.45) is 2.35. The SMILES string of the molecule is COc1ccc(CN2C(=O)C[C@@H](N3CCC(c4ccccc4)CC3)C2=O)cc1. The summed E-state index contributed by atoms with van der Waals surface area (Å²) in [5.74, 6) is 1.18. The molecule has 0 radical (unpaired) electrons. The average molecular weight is 378 g/mol. The Labute approximate surface area is 165 Å². The van der Waals surface area contributed by atoms with E-state index in [-0.39, 0.29) is 17.9 Å². The molecule has 2 saturated heterocycles. The lowest BCUT2D eigenvalue weighted by molar-refractivity contribution is -0.140. The number of methoxy groups -OCH3 is 1. The second-order valence-corrected chi connectivity index (χ2v) is 7.61. The fraction of sp³-hybridized carbons (Fsp3) is 0.391. The second kappa shape index (κ2) is 8.15. The lowest BCUT2D eigenvalue weighted by atomic mass is 9.89. The number of nitrogens with zero attached hydrogens (tertiary/aromatic N) is 2. The van der Waals surface area contributed by atoms with E-state index in [1.165, 1.54) is 10.5 Å². The van der Waals surface area contributed by atoms with Gasteiger partial charge in [0.05, 0.1) is 26.1 Å². The van der Waals surface area contributed by atoms with Gasteiger partial charge in [-0.15, -0.1) is 0 Å². The van der Waals surface area contributed by atoms with E-state index in [0.29, 0.717) is 18.9 Å². The van der Waals surface area contributed by atoms with E-state index in [9.17, 15) is 9.59 Å². The highest BCUT2D eigenvalue weighted by Crippen LogP contribution is 2.31. The molecule has 5 nitrogen and oxygen atoms in total. The van der Waals surface area contributed by atoms with Crippen LogP contribution in [0.2, 0.25) is 0 Å². The minimum atomic E-state index is -0.303. The smallest absolute Gasteiger partial charge is 0.247 e. The summed E-state index contributed by atoms with van der Waals surface area (Å²) in [5.41, 5.74) is 2.31. The molecular formula is C23H26N2O3. The van der Waals surface area contributed by atoms with Crippen LogP contribution in [0.25, 0.3) is 0 Å². The molecule has 1 atom stereocenters. The summed E-state index contributed by atoms with van der Waals surface area (Å²) in [6, 6.07) is 17.8. The molecular weight excluding hydrogens is 352 g/mol. The van der Waals surface area contributed by atoms with Crippen molar-refractivity contribution in [1.29, 1.82) is 0 Å². The van der Waals surface area contributed by atoms with Gasteiger partial charge in [0.1, 0.15) is 5.75 Å². The fourth-order valence-electron chi connectivity index (χ4n) is 4.30. The number of likely N-dealkylation sites (tertiary alicyclic amines) is 2. The van der Waals surface area contributed by atoms with Crippen molar-refractivity contribution in [2.45, 2.75) is 37.8 Å². The number of piperidine rings is 1. The molecule has 0 N–H and O–H groups in total. The van der Waals surface area contributed by atoms with Crippen LogP contribution in [0.1, 0.15) is 36.3 Å². The summed E-state index contributed by atoms with van der Waals surface area (Å²) in [5, 5.41) is 0. The highest BCUT2D eigenvalue weighted by Gasteiger charge is 2.42. The van der Waals surface area contributed by atoms with Gasteiger partial charge < -0.3 is 4.74 Å². The van der Waals surface area contributed by atoms with Crippen molar-refractivity contribution in [3.05, 3.63) is 65.7 Å². The number of amides is 2. The summed E-state index contributed by atoms with van der Waals surface area (Å²) < 4.78 is 5.16. The number of imide groups is 1. The maximum absolute atomic E-state index is 12.9. The molecule has 146 valence electrons. The third-order valence-electron chi connectivity index (χ3n) is 5.96. The Bertz CT molecular complexity index is 827. The predicted octanol–water partition coefficient (Wildman–Crippen LogP) is 3.20. The molecule has 2 aliphatic rings. The monoisotopic (exact) mass is 378 g/mol. The van der Waals surface area contributed by atoms with Crippen molar-refractivity contribution < 1.29 is 14.3 Å². The van der Waals surface area contributed by atoms with Crippen LogP contribution in [0.5, 0.6) is 5.75 Å². The molecule has 0 spiro atoms. The van der Waals surface area contributed by atoms with Crippen LogP contribution in [0.15, 0.2) is 54.6 Å². The fourth-order valence-corrected chi connectivity index (χ4v) is 4.30. The van der Waals surface area contributed by atoms with Gasteiger partial charge in [0, 0.05) is 0 Å². The topological polar surface area (TPSA) is 49.9 Å². The predicted molar refractivity (Wildman–Crippen MR) is 107 cm³/mol. The highest BCUT2D eigenvalue weighted by molar-refractivity contribution is 6.05. The molecule has 0 unspecified atom stereocenters. The Morgan fingerprint density at radius 3 is 2.29 bits per heavy atom. The van der Waals surface area contributed by atoms with E-state index in [4.69, 9.17) is 4.74 Å². The minimum absolute atomic E-state index is 0.0565. The Morgan fingerprint density at radius 1 is 0.964 bits per heavy atom. The summed E-state index contributed by atoms with van der Waals surface area (Å²) in [4.78, 5) is 29.1. The van der Waals surface area contributed by atoms with E-state index in [1.54, 1.807) is 7.11 Å². The molecule has 2 aromatic carbocycles. The van der Waals surface area contributed by atoms with Crippen LogP contribution in [0.3, 0.4) is 0 Å². The van der Waals surface area contributed by atoms with Crippen LogP contribution in [0.4, 0.5) is 0 Å². The minimum Gasteiger partial charge on any atom is -0.497 e. The van der Waals surface area contributed by atoms with Crippen molar-refractivity contribution in [2.24, 2.45) is 0 Å². The molecule has 28 heavy (non-hydrogen) atoms. The number of carbonyl (C=O) groups excluding carboxylic acids is 2. The van der Waals surface area contributed by atoms with Crippen LogP contribution >= 0.6 is 0 Å². The first-order chi connectivity index (χ1) is 13.7. The molecule has 2 aromatic rings. The molecule has 4 rings (SSSR count). The van der Waals surface area contributed by atoms with Gasteiger partial charge in [-0.1, -0.05) is 42.5 Å². The van der Waals surface area contributed by atoms with Crippen molar-refractivity contribution in [3.8, 4) is 5.75 Å². The van der Waals surface area contributed by atoms with E-state index in [0.717, 1.165) is 37.2 Å². The van der Waals surface area contributed by atoms with Crippen LogP contribution in [-0.4, -0.2) is 47.9 Å². The first-order valence-corrected chi connectivity index (χ1v) is 9.92. The maximum atomic E-state index is 12.9. The van der Waals surface area contributed by atoms with Crippen molar-refractivity contribution in [2.75, 3.05) is 20.2 Å². The molecule has 0 saturated carbocycles. The van der Waals surface area contributed by atoms with E-state index < -0.39 is 0 Å².